The number of likely N-dealkylation sites (tertiary alicyclic amines) is 1. The summed E-state index contributed by atoms with van der Waals surface area (Å²) in [5.74, 6) is -0.190. The van der Waals surface area contributed by atoms with Gasteiger partial charge in [0.1, 0.15) is 0 Å². The topological polar surface area (TPSA) is 66.5 Å². The fraction of sp³-hybridized carbons (Fsp3) is 0.533. The van der Waals surface area contributed by atoms with Gasteiger partial charge in [0.15, 0.2) is 0 Å². The van der Waals surface area contributed by atoms with E-state index in [4.69, 9.17) is 11.6 Å². The molecule has 7 heteroatoms. The quantitative estimate of drug-likeness (QED) is 0.913. The number of rotatable bonds is 4. The molecule has 1 aromatic carbocycles. The van der Waals surface area contributed by atoms with Gasteiger partial charge < -0.3 is 4.90 Å². The molecule has 1 unspecified atom stereocenters. The first-order valence-electron chi connectivity index (χ1n) is 7.44. The normalized spacial score (nSPS) is 19.2. The maximum Gasteiger partial charge on any atom is 0.255 e. The van der Waals surface area contributed by atoms with Gasteiger partial charge in [-0.1, -0.05) is 18.5 Å². The second-order valence-corrected chi connectivity index (χ2v) is 7.70. The zero-order chi connectivity index (χ0) is 16.3. The van der Waals surface area contributed by atoms with Crippen molar-refractivity contribution in [3.8, 4) is 0 Å². The largest absolute Gasteiger partial charge is 0.336 e. The van der Waals surface area contributed by atoms with E-state index in [0.717, 1.165) is 25.7 Å². The first-order valence-corrected chi connectivity index (χ1v) is 9.31. The minimum Gasteiger partial charge on any atom is -0.336 e. The fourth-order valence-electron chi connectivity index (χ4n) is 2.80. The number of nitrogens with one attached hydrogen (secondary N) is 1. The molecule has 1 saturated heterocycles. The van der Waals surface area contributed by atoms with Crippen LogP contribution in [0.1, 0.15) is 43.0 Å². The van der Waals surface area contributed by atoms with Gasteiger partial charge in [-0.2, -0.15) is 0 Å². The predicted molar refractivity (Wildman–Crippen MR) is 86.7 cm³/mol. The van der Waals surface area contributed by atoms with Crippen molar-refractivity contribution < 1.29 is 13.2 Å². The van der Waals surface area contributed by atoms with E-state index >= 15 is 0 Å². The number of amides is 1. The summed E-state index contributed by atoms with van der Waals surface area (Å²) in [5, 5.41) is 0.278. The monoisotopic (exact) mass is 344 g/mol. The Hall–Kier alpha value is -1.11. The Kier molecular flexibility index (Phi) is 5.47. The van der Waals surface area contributed by atoms with Crippen LogP contribution in [0.5, 0.6) is 0 Å². The van der Waals surface area contributed by atoms with Crippen LogP contribution in [0.4, 0.5) is 0 Å². The molecule has 0 spiro atoms. The zero-order valence-corrected chi connectivity index (χ0v) is 14.4. The highest BCUT2D eigenvalue weighted by atomic mass is 35.5. The third-order valence-electron chi connectivity index (χ3n) is 4.11. The SMILES string of the molecule is CCC1CCCCN1C(=O)c1cc(S(=O)(=O)NC)ccc1Cl. The number of carbonyl (C=O) groups excluding carboxylic acids is 1. The average Bonchev–Trinajstić information content (AvgIpc) is 2.54. The van der Waals surface area contributed by atoms with Crippen LogP contribution in [0.3, 0.4) is 0 Å². The number of benzene rings is 1. The standard InChI is InChI=1S/C15H21ClN2O3S/c1-3-11-6-4-5-9-18(11)15(19)13-10-12(7-8-14(13)16)22(20,21)17-2/h7-8,10-11,17H,3-6,9H2,1-2H3. The number of sulfonamides is 1. The highest BCUT2D eigenvalue weighted by Crippen LogP contribution is 2.26. The Morgan fingerprint density at radius 2 is 2.14 bits per heavy atom. The zero-order valence-electron chi connectivity index (χ0n) is 12.8. The Labute approximate surface area is 136 Å². The number of hydrogen-bond acceptors (Lipinski definition) is 3. The van der Waals surface area contributed by atoms with Gasteiger partial charge in [-0.3, -0.25) is 4.79 Å². The summed E-state index contributed by atoms with van der Waals surface area (Å²) < 4.78 is 26.1. The van der Waals surface area contributed by atoms with E-state index in [2.05, 4.69) is 11.6 Å². The summed E-state index contributed by atoms with van der Waals surface area (Å²) in [6, 6.07) is 4.42. The molecular formula is C15H21ClN2O3S. The third-order valence-corrected chi connectivity index (χ3v) is 5.85. The second kappa shape index (κ2) is 6.98. The average molecular weight is 345 g/mol. The molecule has 1 atom stereocenters. The lowest BCUT2D eigenvalue weighted by Crippen LogP contribution is -2.43. The molecule has 1 aromatic rings. The number of piperidine rings is 1. The number of halogens is 1. The molecule has 0 radical (unpaired) electrons. The first-order chi connectivity index (χ1) is 10.4. The molecule has 5 nitrogen and oxygen atoms in total. The van der Waals surface area contributed by atoms with E-state index in [-0.39, 0.29) is 27.4 Å². The molecular weight excluding hydrogens is 324 g/mol. The Morgan fingerprint density at radius 1 is 1.41 bits per heavy atom. The van der Waals surface area contributed by atoms with Crippen LogP contribution in [0.25, 0.3) is 0 Å². The summed E-state index contributed by atoms with van der Waals surface area (Å²) in [6.45, 7) is 2.75. The lowest BCUT2D eigenvalue weighted by Gasteiger charge is -2.35. The molecule has 1 fully saturated rings. The van der Waals surface area contributed by atoms with Crippen molar-refractivity contribution in [2.75, 3.05) is 13.6 Å². The molecule has 1 amide bonds. The fourth-order valence-corrected chi connectivity index (χ4v) is 3.75. The lowest BCUT2D eigenvalue weighted by atomic mass is 9.99. The minimum atomic E-state index is -3.60. The van der Waals surface area contributed by atoms with Gasteiger partial charge >= 0.3 is 0 Å². The molecule has 0 bridgehead atoms. The van der Waals surface area contributed by atoms with Crippen molar-refractivity contribution in [1.82, 2.24) is 9.62 Å². The Morgan fingerprint density at radius 3 is 2.77 bits per heavy atom. The van der Waals surface area contributed by atoms with Gasteiger partial charge in [0.2, 0.25) is 10.0 Å². The molecule has 1 heterocycles. The molecule has 1 aliphatic heterocycles. The van der Waals surface area contributed by atoms with Crippen LogP contribution in [0, 0.1) is 0 Å². The number of hydrogen-bond donors (Lipinski definition) is 1. The van der Waals surface area contributed by atoms with Gasteiger partial charge in [-0.25, -0.2) is 13.1 Å². The van der Waals surface area contributed by atoms with Crippen LogP contribution in [0.2, 0.25) is 5.02 Å². The summed E-state index contributed by atoms with van der Waals surface area (Å²) in [7, 11) is -2.26. The van der Waals surface area contributed by atoms with Crippen LogP contribution in [-0.2, 0) is 10.0 Å². The molecule has 0 saturated carbocycles. The van der Waals surface area contributed by atoms with Crippen molar-refractivity contribution >= 4 is 27.5 Å². The summed E-state index contributed by atoms with van der Waals surface area (Å²) in [5.41, 5.74) is 0.248. The van der Waals surface area contributed by atoms with Crippen LogP contribution < -0.4 is 4.72 Å². The molecule has 1 N–H and O–H groups in total. The highest BCUT2D eigenvalue weighted by molar-refractivity contribution is 7.89. The van der Waals surface area contributed by atoms with Crippen molar-refractivity contribution in [1.29, 1.82) is 0 Å². The van der Waals surface area contributed by atoms with E-state index in [9.17, 15) is 13.2 Å². The van der Waals surface area contributed by atoms with E-state index in [1.807, 2.05) is 4.90 Å². The molecule has 122 valence electrons. The third kappa shape index (κ3) is 3.45. The summed E-state index contributed by atoms with van der Waals surface area (Å²) >= 11 is 6.13. The molecule has 1 aliphatic rings. The lowest BCUT2D eigenvalue weighted by molar-refractivity contribution is 0.0608. The maximum absolute atomic E-state index is 12.8. The van der Waals surface area contributed by atoms with Gasteiger partial charge in [0.05, 0.1) is 15.5 Å². The van der Waals surface area contributed by atoms with E-state index in [1.54, 1.807) is 0 Å². The van der Waals surface area contributed by atoms with Crippen molar-refractivity contribution in [2.24, 2.45) is 0 Å². The van der Waals surface area contributed by atoms with Crippen LogP contribution >= 0.6 is 11.6 Å². The minimum absolute atomic E-state index is 0.0489. The number of nitrogens with zero attached hydrogens (tertiary/aromatic N) is 1. The summed E-state index contributed by atoms with van der Waals surface area (Å²) in [4.78, 5) is 14.7. The van der Waals surface area contributed by atoms with Gasteiger partial charge in [-0.05, 0) is 50.9 Å². The van der Waals surface area contributed by atoms with Crippen molar-refractivity contribution in [3.63, 3.8) is 0 Å². The second-order valence-electron chi connectivity index (χ2n) is 5.41. The van der Waals surface area contributed by atoms with Gasteiger partial charge in [0, 0.05) is 12.6 Å². The van der Waals surface area contributed by atoms with E-state index < -0.39 is 10.0 Å². The molecule has 0 aromatic heterocycles. The maximum atomic E-state index is 12.8. The van der Waals surface area contributed by atoms with Crippen molar-refractivity contribution in [3.05, 3.63) is 28.8 Å². The van der Waals surface area contributed by atoms with Crippen LogP contribution in [0.15, 0.2) is 23.1 Å². The van der Waals surface area contributed by atoms with Gasteiger partial charge in [-0.15, -0.1) is 0 Å². The Balaban J connectivity index is 2.38. The molecule has 0 aliphatic carbocycles. The smallest absolute Gasteiger partial charge is 0.255 e. The van der Waals surface area contributed by atoms with Gasteiger partial charge in [0.25, 0.3) is 5.91 Å². The van der Waals surface area contributed by atoms with Crippen molar-refractivity contribution in [2.45, 2.75) is 43.5 Å². The van der Waals surface area contributed by atoms with E-state index in [1.165, 1.54) is 25.2 Å². The summed E-state index contributed by atoms with van der Waals surface area (Å²) in [6.07, 6.45) is 3.95. The Bertz CT molecular complexity index is 661. The predicted octanol–water partition coefficient (Wildman–Crippen LogP) is 2.65. The number of carbonyl (C=O) groups is 1. The van der Waals surface area contributed by atoms with Crippen LogP contribution in [-0.4, -0.2) is 38.9 Å². The molecule has 2 rings (SSSR count). The first kappa shape index (κ1) is 17.2. The highest BCUT2D eigenvalue weighted by Gasteiger charge is 2.28. The van der Waals surface area contributed by atoms with E-state index in [0.29, 0.717) is 6.54 Å². The molecule has 22 heavy (non-hydrogen) atoms.